The van der Waals surface area contributed by atoms with E-state index in [1.165, 1.54) is 43.3 Å². The molecule has 7 heteroatoms. The largest absolute Gasteiger partial charge is 0.352 e. The van der Waals surface area contributed by atoms with Crippen LogP contribution in [0.15, 0.2) is 47.4 Å². The third-order valence-electron chi connectivity index (χ3n) is 5.79. The van der Waals surface area contributed by atoms with E-state index in [-0.39, 0.29) is 18.2 Å². The molecule has 31 heavy (non-hydrogen) atoms. The Morgan fingerprint density at radius 3 is 2.77 bits per heavy atom. The Kier molecular flexibility index (Phi) is 7.20. The Balaban J connectivity index is 1.25. The number of halogens is 1. The van der Waals surface area contributed by atoms with Gasteiger partial charge in [0.15, 0.2) is 0 Å². The van der Waals surface area contributed by atoms with Crippen molar-refractivity contribution in [1.82, 2.24) is 10.2 Å². The zero-order valence-electron chi connectivity index (χ0n) is 17.7. The summed E-state index contributed by atoms with van der Waals surface area (Å²) in [4.78, 5) is 28.2. The second-order valence-corrected chi connectivity index (χ2v) is 10.2. The van der Waals surface area contributed by atoms with Gasteiger partial charge < -0.3 is 10.6 Å². The molecule has 2 aliphatic rings. The van der Waals surface area contributed by atoms with Crippen LogP contribution in [0.1, 0.15) is 37.3 Å². The summed E-state index contributed by atoms with van der Waals surface area (Å²) in [5, 5.41) is 5.92. The van der Waals surface area contributed by atoms with Crippen LogP contribution < -0.4 is 10.6 Å². The number of nitrogens with zero attached hydrogens (tertiary/aromatic N) is 1. The Bertz CT molecular complexity index is 950. The highest BCUT2D eigenvalue weighted by Gasteiger charge is 2.29. The molecule has 2 aliphatic heterocycles. The van der Waals surface area contributed by atoms with Crippen LogP contribution >= 0.6 is 23.4 Å². The van der Waals surface area contributed by atoms with Gasteiger partial charge in [-0.25, -0.2) is 0 Å². The van der Waals surface area contributed by atoms with Crippen molar-refractivity contribution >= 4 is 40.9 Å². The summed E-state index contributed by atoms with van der Waals surface area (Å²) in [5.41, 5.74) is 3.07. The van der Waals surface area contributed by atoms with Gasteiger partial charge in [-0.2, -0.15) is 0 Å². The molecule has 2 N–H and O–H groups in total. The molecule has 2 aromatic rings. The van der Waals surface area contributed by atoms with Crippen LogP contribution in [0.3, 0.4) is 0 Å². The number of anilines is 1. The summed E-state index contributed by atoms with van der Waals surface area (Å²) in [7, 11) is 0. The van der Waals surface area contributed by atoms with E-state index in [1.807, 2.05) is 6.07 Å². The molecule has 164 valence electrons. The highest BCUT2D eigenvalue weighted by molar-refractivity contribution is 8.01. The first-order valence-corrected chi connectivity index (χ1v) is 12.1. The van der Waals surface area contributed by atoms with E-state index in [9.17, 15) is 9.59 Å². The lowest BCUT2D eigenvalue weighted by Crippen LogP contribution is -2.34. The third-order valence-corrected chi connectivity index (χ3v) is 7.30. The number of nitrogens with one attached hydrogen (secondary N) is 2. The van der Waals surface area contributed by atoms with Gasteiger partial charge in [0.05, 0.1) is 10.9 Å². The van der Waals surface area contributed by atoms with Gasteiger partial charge in [0.2, 0.25) is 11.8 Å². The van der Waals surface area contributed by atoms with Crippen LogP contribution in [0.4, 0.5) is 5.69 Å². The van der Waals surface area contributed by atoms with Gasteiger partial charge in [-0.3, -0.25) is 14.5 Å². The summed E-state index contributed by atoms with van der Waals surface area (Å²) in [6, 6.07) is 13.8. The number of benzene rings is 2. The van der Waals surface area contributed by atoms with E-state index >= 15 is 0 Å². The predicted octanol–water partition coefficient (Wildman–Crippen LogP) is 4.69. The number of hydrogen-bond donors (Lipinski definition) is 2. The molecular weight excluding hydrogens is 430 g/mol. The summed E-state index contributed by atoms with van der Waals surface area (Å²) in [5.74, 6) is 0.488. The summed E-state index contributed by atoms with van der Waals surface area (Å²) in [6.45, 7) is 6.11. The van der Waals surface area contributed by atoms with Crippen molar-refractivity contribution in [2.75, 3.05) is 18.4 Å². The maximum Gasteiger partial charge on any atom is 0.238 e. The number of carbonyl (C=O) groups excluding carboxylic acids is 2. The Hall–Kier alpha value is -2.02. The van der Waals surface area contributed by atoms with Gasteiger partial charge in [0.1, 0.15) is 0 Å². The number of thioether (sulfide) groups is 1. The molecule has 2 atom stereocenters. The maximum atomic E-state index is 12.4. The van der Waals surface area contributed by atoms with Crippen LogP contribution in [0.5, 0.6) is 0 Å². The van der Waals surface area contributed by atoms with E-state index in [0.29, 0.717) is 17.3 Å². The van der Waals surface area contributed by atoms with Gasteiger partial charge in [-0.05, 0) is 54.6 Å². The fraction of sp³-hybridized carbons (Fsp3) is 0.417. The van der Waals surface area contributed by atoms with Crippen molar-refractivity contribution < 1.29 is 9.59 Å². The van der Waals surface area contributed by atoms with E-state index in [2.05, 4.69) is 46.7 Å². The van der Waals surface area contributed by atoms with Crippen molar-refractivity contribution in [1.29, 1.82) is 0 Å². The number of likely N-dealkylation sites (tertiary alicyclic amines) is 1. The van der Waals surface area contributed by atoms with Gasteiger partial charge in [0, 0.05) is 36.0 Å². The van der Waals surface area contributed by atoms with E-state index in [1.54, 1.807) is 12.1 Å². The molecule has 0 saturated carbocycles. The van der Waals surface area contributed by atoms with Gasteiger partial charge in [-0.15, -0.1) is 11.8 Å². The number of rotatable bonds is 6. The minimum atomic E-state index is -0.442. The quantitative estimate of drug-likeness (QED) is 0.660. The monoisotopic (exact) mass is 457 g/mol. The van der Waals surface area contributed by atoms with Crippen LogP contribution in [-0.2, 0) is 22.7 Å². The lowest BCUT2D eigenvalue weighted by Gasteiger charge is -2.30. The van der Waals surface area contributed by atoms with Crippen LogP contribution in [-0.4, -0.2) is 35.1 Å². The van der Waals surface area contributed by atoms with Crippen LogP contribution in [0.2, 0.25) is 5.02 Å². The maximum absolute atomic E-state index is 12.4. The lowest BCUT2D eigenvalue weighted by atomic mass is 9.99. The van der Waals surface area contributed by atoms with E-state index in [4.69, 9.17) is 11.6 Å². The normalized spacial score (nSPS) is 21.3. The minimum absolute atomic E-state index is 0.128. The molecule has 2 amide bonds. The Morgan fingerprint density at radius 2 is 2.00 bits per heavy atom. The minimum Gasteiger partial charge on any atom is -0.352 e. The molecular formula is C24H28ClN3O2S. The number of carbonyl (C=O) groups is 2. The molecule has 0 aliphatic carbocycles. The number of piperidine rings is 1. The zero-order chi connectivity index (χ0) is 21.8. The standard InChI is InChI=1S/C24H28ClN3O2S/c1-16-3-2-10-28(14-16)15-18-6-4-17(5-7-18)13-26-23(29)12-22-24(30)27-20-11-19(25)8-9-21(20)31-22/h4-9,11,16,22H,2-3,10,12-15H2,1H3,(H,26,29)(H,27,30). The average molecular weight is 458 g/mol. The molecule has 1 saturated heterocycles. The number of hydrogen-bond acceptors (Lipinski definition) is 4. The molecule has 0 radical (unpaired) electrons. The SMILES string of the molecule is CC1CCCN(Cc2ccc(CNC(=O)CC3Sc4ccc(Cl)cc4NC3=O)cc2)C1. The van der Waals surface area contributed by atoms with Gasteiger partial charge in [0.25, 0.3) is 0 Å². The summed E-state index contributed by atoms with van der Waals surface area (Å²) >= 11 is 7.39. The summed E-state index contributed by atoms with van der Waals surface area (Å²) < 4.78 is 0. The van der Waals surface area contributed by atoms with E-state index in [0.717, 1.165) is 22.9 Å². The molecule has 5 nitrogen and oxygen atoms in total. The number of fused-ring (bicyclic) bond motifs is 1. The molecule has 2 heterocycles. The van der Waals surface area contributed by atoms with Crippen molar-refractivity contribution in [2.45, 2.75) is 49.4 Å². The van der Waals surface area contributed by atoms with E-state index < -0.39 is 5.25 Å². The van der Waals surface area contributed by atoms with Gasteiger partial charge >= 0.3 is 0 Å². The third kappa shape index (κ3) is 6.03. The van der Waals surface area contributed by atoms with Crippen molar-refractivity contribution in [3.63, 3.8) is 0 Å². The van der Waals surface area contributed by atoms with Crippen LogP contribution in [0, 0.1) is 5.92 Å². The fourth-order valence-corrected chi connectivity index (χ4v) is 5.41. The molecule has 2 aromatic carbocycles. The van der Waals surface area contributed by atoms with Crippen molar-refractivity contribution in [2.24, 2.45) is 5.92 Å². The molecule has 1 fully saturated rings. The first-order chi connectivity index (χ1) is 15.0. The van der Waals surface area contributed by atoms with Crippen molar-refractivity contribution in [3.8, 4) is 0 Å². The first kappa shape index (κ1) is 22.2. The smallest absolute Gasteiger partial charge is 0.238 e. The molecule has 0 aromatic heterocycles. The molecule has 0 bridgehead atoms. The van der Waals surface area contributed by atoms with Gasteiger partial charge in [-0.1, -0.05) is 42.8 Å². The first-order valence-electron chi connectivity index (χ1n) is 10.8. The van der Waals surface area contributed by atoms with Crippen molar-refractivity contribution in [3.05, 3.63) is 58.6 Å². The highest BCUT2D eigenvalue weighted by atomic mass is 35.5. The molecule has 2 unspecified atom stereocenters. The molecule has 0 spiro atoms. The highest BCUT2D eigenvalue weighted by Crippen LogP contribution is 2.38. The van der Waals surface area contributed by atoms with Crippen LogP contribution in [0.25, 0.3) is 0 Å². The summed E-state index contributed by atoms with van der Waals surface area (Å²) in [6.07, 6.45) is 2.75. The topological polar surface area (TPSA) is 61.4 Å². The second-order valence-electron chi connectivity index (χ2n) is 8.52. The predicted molar refractivity (Wildman–Crippen MR) is 126 cm³/mol. The lowest BCUT2D eigenvalue weighted by molar-refractivity contribution is -0.124. The zero-order valence-corrected chi connectivity index (χ0v) is 19.3. The fourth-order valence-electron chi connectivity index (χ4n) is 4.15. The Labute approximate surface area is 192 Å². The number of amides is 2. The Morgan fingerprint density at radius 1 is 1.23 bits per heavy atom. The molecule has 4 rings (SSSR count). The average Bonchev–Trinajstić information content (AvgIpc) is 2.74. The second kappa shape index (κ2) is 10.1.